The normalized spacial score (nSPS) is 12.8. The van der Waals surface area contributed by atoms with Gasteiger partial charge in [0.15, 0.2) is 6.10 Å². The average molecular weight is 1070 g/mol. The highest BCUT2D eigenvalue weighted by Gasteiger charge is 2.19. The van der Waals surface area contributed by atoms with Crippen molar-refractivity contribution in [1.82, 2.24) is 0 Å². The molecule has 0 spiro atoms. The van der Waals surface area contributed by atoms with Crippen LogP contribution in [0.25, 0.3) is 0 Å². The van der Waals surface area contributed by atoms with Crippen LogP contribution >= 0.6 is 0 Å². The lowest BCUT2D eigenvalue weighted by molar-refractivity contribution is -0.167. The maximum Gasteiger partial charge on any atom is 0.306 e. The second-order valence-corrected chi connectivity index (χ2v) is 21.3. The first-order chi connectivity index (χ1) is 38.0. The fourth-order valence-corrected chi connectivity index (χ4v) is 8.98. The summed E-state index contributed by atoms with van der Waals surface area (Å²) in [5.74, 6) is -0.946. The molecular weight excluding hydrogens is 949 g/mol. The molecule has 0 aliphatic heterocycles. The summed E-state index contributed by atoms with van der Waals surface area (Å²) in [5.41, 5.74) is 0. The predicted molar refractivity (Wildman–Crippen MR) is 334 cm³/mol. The smallest absolute Gasteiger partial charge is 0.306 e. The van der Waals surface area contributed by atoms with Crippen molar-refractivity contribution in [3.63, 3.8) is 0 Å². The van der Waals surface area contributed by atoms with Gasteiger partial charge in [0, 0.05) is 19.3 Å². The second-order valence-electron chi connectivity index (χ2n) is 21.3. The van der Waals surface area contributed by atoms with Gasteiger partial charge >= 0.3 is 17.9 Å². The van der Waals surface area contributed by atoms with E-state index in [1.165, 1.54) is 154 Å². The fraction of sp³-hybridized carbons (Fsp3) is 0.704. The lowest BCUT2D eigenvalue weighted by atomic mass is 10.0. The summed E-state index contributed by atoms with van der Waals surface area (Å²) in [6.07, 6.45) is 88.2. The van der Waals surface area contributed by atoms with Crippen LogP contribution in [-0.2, 0) is 28.6 Å². The first-order valence-corrected chi connectivity index (χ1v) is 32.4. The maximum atomic E-state index is 12.9. The quantitative estimate of drug-likeness (QED) is 0.0261. The van der Waals surface area contributed by atoms with E-state index in [9.17, 15) is 14.4 Å². The minimum absolute atomic E-state index is 0.0927. The maximum absolute atomic E-state index is 12.9. The highest BCUT2D eigenvalue weighted by Crippen LogP contribution is 2.17. The summed E-state index contributed by atoms with van der Waals surface area (Å²) >= 11 is 0. The number of esters is 3. The van der Waals surface area contributed by atoms with E-state index in [0.29, 0.717) is 19.3 Å². The van der Waals surface area contributed by atoms with Crippen molar-refractivity contribution >= 4 is 17.9 Å². The first-order valence-electron chi connectivity index (χ1n) is 32.4. The summed E-state index contributed by atoms with van der Waals surface area (Å²) in [6, 6.07) is 0. The summed E-state index contributed by atoms with van der Waals surface area (Å²) in [4.78, 5) is 38.2. The van der Waals surface area contributed by atoms with E-state index in [-0.39, 0.29) is 37.5 Å². The van der Waals surface area contributed by atoms with Crippen LogP contribution in [0.3, 0.4) is 0 Å². The summed E-state index contributed by atoms with van der Waals surface area (Å²) < 4.78 is 16.9. The molecule has 0 amide bonds. The minimum atomic E-state index is -0.800. The molecule has 6 heteroatoms. The van der Waals surface area contributed by atoms with Crippen molar-refractivity contribution in [2.75, 3.05) is 13.2 Å². The summed E-state index contributed by atoms with van der Waals surface area (Å²) in [6.45, 7) is 6.50. The highest BCUT2D eigenvalue weighted by molar-refractivity contribution is 5.71. The van der Waals surface area contributed by atoms with Gasteiger partial charge in [-0.1, -0.05) is 310 Å². The molecule has 0 N–H and O–H groups in total. The summed E-state index contributed by atoms with van der Waals surface area (Å²) in [7, 11) is 0. The summed E-state index contributed by atoms with van der Waals surface area (Å²) in [5, 5.41) is 0. The van der Waals surface area contributed by atoms with Crippen LogP contribution in [0.4, 0.5) is 0 Å². The molecule has 0 bridgehead atoms. The van der Waals surface area contributed by atoms with Crippen LogP contribution in [0.5, 0.6) is 0 Å². The number of unbranched alkanes of at least 4 members (excludes halogenated alkanes) is 29. The van der Waals surface area contributed by atoms with E-state index in [1.54, 1.807) is 0 Å². The molecule has 0 aliphatic carbocycles. The molecular formula is C71H120O6. The van der Waals surface area contributed by atoms with Gasteiger partial charge < -0.3 is 14.2 Å². The monoisotopic (exact) mass is 1070 g/mol. The Labute approximate surface area is 476 Å². The van der Waals surface area contributed by atoms with Crippen molar-refractivity contribution in [2.24, 2.45) is 0 Å². The standard InChI is InChI=1S/C71H120O6/c1-4-7-10-13-16-19-22-24-26-28-30-31-32-33-34-35-36-37-38-39-41-42-44-46-49-52-55-58-61-64-70(73)76-67-68(66-75-69(72)63-60-57-54-51-48-21-18-15-12-9-6-3)77-71(74)65-62-59-56-53-50-47-45-43-40-29-27-25-23-20-17-14-11-8-5-2/h7,10,16,19,24,26,30-31,33-34,36-37,39,41,44,46,52,55,68H,4-6,8-9,11-15,17-18,20-23,25,27-29,32,35,38,40,42-43,45,47-51,53-54,56-67H2,1-3H3/b10-7-,19-16-,26-24-,31-30-,34-33-,37-36-,41-39-,46-44-,55-52-. The minimum Gasteiger partial charge on any atom is -0.462 e. The van der Waals surface area contributed by atoms with Gasteiger partial charge in [-0.2, -0.15) is 0 Å². The van der Waals surface area contributed by atoms with Gasteiger partial charge in [0.2, 0.25) is 0 Å². The highest BCUT2D eigenvalue weighted by atomic mass is 16.6. The molecule has 0 saturated heterocycles. The van der Waals surface area contributed by atoms with Crippen molar-refractivity contribution in [3.8, 4) is 0 Å². The number of carbonyl (C=O) groups excluding carboxylic acids is 3. The molecule has 0 aliphatic rings. The number of hydrogen-bond donors (Lipinski definition) is 0. The Bertz CT molecular complexity index is 1560. The van der Waals surface area contributed by atoms with Crippen LogP contribution in [0.15, 0.2) is 109 Å². The lowest BCUT2D eigenvalue weighted by Crippen LogP contribution is -2.30. The van der Waals surface area contributed by atoms with Gasteiger partial charge in [-0.3, -0.25) is 14.4 Å². The zero-order valence-corrected chi connectivity index (χ0v) is 50.4. The fourth-order valence-electron chi connectivity index (χ4n) is 8.98. The molecule has 0 aromatic rings. The Kier molecular flexibility index (Phi) is 61.3. The zero-order valence-electron chi connectivity index (χ0n) is 50.4. The van der Waals surface area contributed by atoms with Crippen LogP contribution in [0.1, 0.15) is 303 Å². The van der Waals surface area contributed by atoms with Crippen LogP contribution in [0, 0.1) is 0 Å². The number of hydrogen-bond acceptors (Lipinski definition) is 6. The van der Waals surface area contributed by atoms with Crippen molar-refractivity contribution in [1.29, 1.82) is 0 Å². The van der Waals surface area contributed by atoms with Crippen molar-refractivity contribution in [2.45, 2.75) is 309 Å². The van der Waals surface area contributed by atoms with Gasteiger partial charge in [-0.15, -0.1) is 0 Å². The molecule has 0 rings (SSSR count). The molecule has 0 saturated carbocycles. The predicted octanol–water partition coefficient (Wildman–Crippen LogP) is 22.2. The molecule has 77 heavy (non-hydrogen) atoms. The average Bonchev–Trinajstić information content (AvgIpc) is 3.43. The Hall–Kier alpha value is -3.93. The molecule has 1 unspecified atom stereocenters. The van der Waals surface area contributed by atoms with Gasteiger partial charge in [-0.25, -0.2) is 0 Å². The molecule has 0 aromatic heterocycles. The molecule has 0 aromatic carbocycles. The van der Waals surface area contributed by atoms with E-state index < -0.39 is 6.10 Å². The number of ether oxygens (including phenoxy) is 3. The Morgan fingerprint density at radius 3 is 0.792 bits per heavy atom. The van der Waals surface area contributed by atoms with Crippen LogP contribution in [-0.4, -0.2) is 37.2 Å². The second kappa shape index (κ2) is 64.6. The van der Waals surface area contributed by atoms with Crippen LogP contribution < -0.4 is 0 Å². The third-order valence-electron chi connectivity index (χ3n) is 13.8. The molecule has 1 atom stereocenters. The number of rotatable bonds is 58. The van der Waals surface area contributed by atoms with Gasteiger partial charge in [0.25, 0.3) is 0 Å². The Morgan fingerprint density at radius 1 is 0.273 bits per heavy atom. The molecule has 6 nitrogen and oxygen atoms in total. The molecule has 0 heterocycles. The van der Waals surface area contributed by atoms with Crippen molar-refractivity contribution in [3.05, 3.63) is 109 Å². The van der Waals surface area contributed by atoms with Gasteiger partial charge in [0.05, 0.1) is 0 Å². The molecule has 0 fully saturated rings. The van der Waals surface area contributed by atoms with Crippen LogP contribution in [0.2, 0.25) is 0 Å². The molecule has 0 radical (unpaired) electrons. The first kappa shape index (κ1) is 73.1. The zero-order chi connectivity index (χ0) is 55.7. The van der Waals surface area contributed by atoms with E-state index in [1.807, 2.05) is 0 Å². The van der Waals surface area contributed by atoms with E-state index in [2.05, 4.69) is 130 Å². The molecule has 440 valence electrons. The third-order valence-corrected chi connectivity index (χ3v) is 13.8. The number of allylic oxidation sites excluding steroid dienone is 18. The van der Waals surface area contributed by atoms with Gasteiger partial charge in [-0.05, 0) is 83.5 Å². The van der Waals surface area contributed by atoms with E-state index in [0.717, 1.165) is 103 Å². The SMILES string of the molecule is CC/C=C\C/C=C\C/C=C\C/C=C\C/C=C\C/C=C\C/C=C\C/C=C\C/C=C\CCCC(=O)OCC(COC(=O)CCCCCCCCCCCCC)OC(=O)CCCCCCCCCCCCCCCCCCCCC. The number of carbonyl (C=O) groups is 3. The Morgan fingerprint density at radius 2 is 0.506 bits per heavy atom. The third kappa shape index (κ3) is 62.8. The van der Waals surface area contributed by atoms with Gasteiger partial charge in [0.1, 0.15) is 13.2 Å². The van der Waals surface area contributed by atoms with E-state index >= 15 is 0 Å². The largest absolute Gasteiger partial charge is 0.462 e. The van der Waals surface area contributed by atoms with E-state index in [4.69, 9.17) is 14.2 Å². The lowest BCUT2D eigenvalue weighted by Gasteiger charge is -2.18. The topological polar surface area (TPSA) is 78.9 Å². The Balaban J connectivity index is 4.38. The van der Waals surface area contributed by atoms with Crippen molar-refractivity contribution < 1.29 is 28.6 Å².